The van der Waals surface area contributed by atoms with E-state index in [1.165, 1.54) is 108 Å². The molecule has 0 radical (unpaired) electrons. The standard InChI is InChI=1S/C20H44N.ClH/c1-5-9-12-15-18-21(8-4,19-16-13-10-6-2)20-17-14-11-7-3;/h5-20H2,1-4H3;1H/q+1;/p-1. The Labute approximate surface area is 148 Å². The Balaban J connectivity index is 0. The molecule has 0 amide bonds. The number of hydrogen-bond donors (Lipinski definition) is 0. The monoisotopic (exact) mass is 333 g/mol. The van der Waals surface area contributed by atoms with E-state index in [4.69, 9.17) is 0 Å². The second-order valence-corrected chi connectivity index (χ2v) is 7.01. The predicted molar refractivity (Wildman–Crippen MR) is 97.8 cm³/mol. The van der Waals surface area contributed by atoms with E-state index in [-0.39, 0.29) is 12.4 Å². The Kier molecular flexibility index (Phi) is 19.6. The third kappa shape index (κ3) is 12.8. The molecule has 0 N–H and O–H groups in total. The molecular weight excluding hydrogens is 290 g/mol. The molecule has 0 spiro atoms. The molecule has 1 nitrogen and oxygen atoms in total. The van der Waals surface area contributed by atoms with Crippen molar-refractivity contribution in [1.82, 2.24) is 0 Å². The van der Waals surface area contributed by atoms with E-state index in [0.29, 0.717) is 0 Å². The minimum Gasteiger partial charge on any atom is -1.00 e. The van der Waals surface area contributed by atoms with Gasteiger partial charge in [-0.2, -0.15) is 0 Å². The van der Waals surface area contributed by atoms with E-state index in [1.54, 1.807) is 0 Å². The van der Waals surface area contributed by atoms with Crippen molar-refractivity contribution >= 4 is 0 Å². The average molecular weight is 334 g/mol. The smallest absolute Gasteiger partial charge is 0.0786 e. The van der Waals surface area contributed by atoms with Gasteiger partial charge in [0.15, 0.2) is 0 Å². The maximum atomic E-state index is 2.43. The fourth-order valence-electron chi connectivity index (χ4n) is 3.43. The highest BCUT2D eigenvalue weighted by Crippen LogP contribution is 2.17. The molecule has 0 aliphatic heterocycles. The minimum atomic E-state index is 0. The Bertz CT molecular complexity index is 175. The predicted octanol–water partition coefficient (Wildman–Crippen LogP) is 3.57. The van der Waals surface area contributed by atoms with Gasteiger partial charge < -0.3 is 16.9 Å². The van der Waals surface area contributed by atoms with Gasteiger partial charge >= 0.3 is 0 Å². The van der Waals surface area contributed by atoms with Crippen LogP contribution in [-0.2, 0) is 0 Å². The summed E-state index contributed by atoms with van der Waals surface area (Å²) in [5.41, 5.74) is 0. The molecule has 0 aliphatic rings. The van der Waals surface area contributed by atoms with Crippen molar-refractivity contribution in [3.8, 4) is 0 Å². The van der Waals surface area contributed by atoms with Crippen LogP contribution in [0.25, 0.3) is 0 Å². The molecule has 0 aromatic carbocycles. The fourth-order valence-corrected chi connectivity index (χ4v) is 3.43. The van der Waals surface area contributed by atoms with Gasteiger partial charge in [-0.3, -0.25) is 0 Å². The van der Waals surface area contributed by atoms with E-state index in [1.807, 2.05) is 0 Å². The van der Waals surface area contributed by atoms with Crippen molar-refractivity contribution in [2.45, 2.75) is 105 Å². The van der Waals surface area contributed by atoms with Crippen LogP contribution in [0.3, 0.4) is 0 Å². The summed E-state index contributed by atoms with van der Waals surface area (Å²) in [5.74, 6) is 0. The molecule has 22 heavy (non-hydrogen) atoms. The third-order valence-corrected chi connectivity index (χ3v) is 5.13. The molecule has 0 aromatic heterocycles. The average Bonchev–Trinajstić information content (AvgIpc) is 2.51. The molecule has 0 saturated carbocycles. The second-order valence-electron chi connectivity index (χ2n) is 7.01. The van der Waals surface area contributed by atoms with E-state index >= 15 is 0 Å². The van der Waals surface area contributed by atoms with E-state index in [0.717, 1.165) is 0 Å². The molecule has 0 rings (SSSR count). The largest absolute Gasteiger partial charge is 1.00 e. The van der Waals surface area contributed by atoms with E-state index < -0.39 is 0 Å². The molecule has 2 heteroatoms. The van der Waals surface area contributed by atoms with Crippen molar-refractivity contribution in [1.29, 1.82) is 0 Å². The number of quaternary nitrogens is 1. The molecule has 0 saturated heterocycles. The van der Waals surface area contributed by atoms with Gasteiger partial charge in [-0.05, 0) is 45.4 Å². The maximum absolute atomic E-state index is 2.43. The van der Waals surface area contributed by atoms with Crippen molar-refractivity contribution in [3.05, 3.63) is 0 Å². The third-order valence-electron chi connectivity index (χ3n) is 5.13. The molecule has 136 valence electrons. The highest BCUT2D eigenvalue weighted by molar-refractivity contribution is 4.50. The van der Waals surface area contributed by atoms with Gasteiger partial charge in [0.05, 0.1) is 26.2 Å². The molecule has 0 atom stereocenters. The van der Waals surface area contributed by atoms with Gasteiger partial charge in [0.1, 0.15) is 0 Å². The van der Waals surface area contributed by atoms with Crippen LogP contribution < -0.4 is 12.4 Å². The number of unbranched alkanes of at least 4 members (excludes halogenated alkanes) is 9. The van der Waals surface area contributed by atoms with Gasteiger partial charge in [-0.25, -0.2) is 0 Å². The first-order valence-electron chi connectivity index (χ1n) is 10.1. The van der Waals surface area contributed by atoms with Crippen LogP contribution in [0, 0.1) is 0 Å². The second kappa shape index (κ2) is 17.6. The van der Waals surface area contributed by atoms with Crippen molar-refractivity contribution in [3.63, 3.8) is 0 Å². The summed E-state index contributed by atoms with van der Waals surface area (Å²) in [6, 6.07) is 0. The first kappa shape index (κ1) is 24.5. The van der Waals surface area contributed by atoms with Crippen molar-refractivity contribution in [2.24, 2.45) is 0 Å². The van der Waals surface area contributed by atoms with Crippen LogP contribution in [-0.4, -0.2) is 30.7 Å². The summed E-state index contributed by atoms with van der Waals surface area (Å²) in [5, 5.41) is 0. The number of nitrogens with zero attached hydrogens (tertiary/aromatic N) is 1. The van der Waals surface area contributed by atoms with Crippen LogP contribution in [0.5, 0.6) is 0 Å². The Morgan fingerprint density at radius 1 is 0.455 bits per heavy atom. The highest BCUT2D eigenvalue weighted by Gasteiger charge is 2.23. The molecule has 0 heterocycles. The number of halogens is 1. The van der Waals surface area contributed by atoms with Gasteiger partial charge in [-0.1, -0.05) is 59.3 Å². The Morgan fingerprint density at radius 3 is 1.00 bits per heavy atom. The maximum Gasteiger partial charge on any atom is 0.0786 e. The summed E-state index contributed by atoms with van der Waals surface area (Å²) in [6.45, 7) is 15.0. The Morgan fingerprint density at radius 2 is 0.773 bits per heavy atom. The lowest BCUT2D eigenvalue weighted by Crippen LogP contribution is -3.00. The summed E-state index contributed by atoms with van der Waals surface area (Å²) >= 11 is 0. The Hall–Kier alpha value is 0.250. The van der Waals surface area contributed by atoms with Crippen LogP contribution in [0.15, 0.2) is 0 Å². The number of hydrogen-bond acceptors (Lipinski definition) is 0. The summed E-state index contributed by atoms with van der Waals surface area (Å²) in [7, 11) is 0. The van der Waals surface area contributed by atoms with Gasteiger partial charge in [0.2, 0.25) is 0 Å². The summed E-state index contributed by atoms with van der Waals surface area (Å²) < 4.78 is 1.41. The summed E-state index contributed by atoms with van der Waals surface area (Å²) in [6.07, 6.45) is 17.0. The van der Waals surface area contributed by atoms with Crippen LogP contribution in [0.4, 0.5) is 0 Å². The van der Waals surface area contributed by atoms with Crippen LogP contribution >= 0.6 is 0 Å². The zero-order valence-electron chi connectivity index (χ0n) is 16.1. The molecular formula is C20H44ClN. The molecule has 0 bridgehead atoms. The lowest BCUT2D eigenvalue weighted by Gasteiger charge is -2.38. The molecule has 0 aromatic rings. The first-order chi connectivity index (χ1) is 10.2. The van der Waals surface area contributed by atoms with Crippen molar-refractivity contribution in [2.75, 3.05) is 26.2 Å². The lowest BCUT2D eigenvalue weighted by atomic mass is 10.1. The lowest BCUT2D eigenvalue weighted by molar-refractivity contribution is -0.927. The normalized spacial score (nSPS) is 11.5. The fraction of sp³-hybridized carbons (Fsp3) is 1.00. The van der Waals surface area contributed by atoms with Crippen LogP contribution in [0.1, 0.15) is 105 Å². The topological polar surface area (TPSA) is 0 Å². The molecule has 0 aliphatic carbocycles. The van der Waals surface area contributed by atoms with E-state index in [9.17, 15) is 0 Å². The zero-order valence-corrected chi connectivity index (χ0v) is 16.9. The molecule has 0 unspecified atom stereocenters. The van der Waals surface area contributed by atoms with Gasteiger partial charge in [0, 0.05) is 0 Å². The first-order valence-corrected chi connectivity index (χ1v) is 10.1. The SMILES string of the molecule is CCCCCC[N+](CC)(CCCCCC)CCCCCC.[Cl-]. The highest BCUT2D eigenvalue weighted by atomic mass is 35.5. The minimum absolute atomic E-state index is 0. The van der Waals surface area contributed by atoms with Crippen molar-refractivity contribution < 1.29 is 16.9 Å². The van der Waals surface area contributed by atoms with Crippen LogP contribution in [0.2, 0.25) is 0 Å². The van der Waals surface area contributed by atoms with Gasteiger partial charge in [0.25, 0.3) is 0 Å². The number of rotatable bonds is 16. The van der Waals surface area contributed by atoms with E-state index in [2.05, 4.69) is 27.7 Å². The molecule has 0 fully saturated rings. The summed E-state index contributed by atoms with van der Waals surface area (Å²) in [4.78, 5) is 0. The quantitative estimate of drug-likeness (QED) is 0.299. The van der Waals surface area contributed by atoms with Gasteiger partial charge in [-0.15, -0.1) is 0 Å². The zero-order chi connectivity index (χ0) is 15.8.